The van der Waals surface area contributed by atoms with Gasteiger partial charge >= 0.3 is 5.97 Å². The summed E-state index contributed by atoms with van der Waals surface area (Å²) in [6, 6.07) is 16.2. The maximum atomic E-state index is 11.6. The molecule has 1 aliphatic rings. The van der Waals surface area contributed by atoms with Crippen molar-refractivity contribution >= 4 is 11.7 Å². The third-order valence-electron chi connectivity index (χ3n) is 4.47. The number of hydrogen-bond donors (Lipinski definition) is 1. The van der Waals surface area contributed by atoms with Crippen molar-refractivity contribution < 1.29 is 14.8 Å². The predicted molar refractivity (Wildman–Crippen MR) is 88.7 cm³/mol. The van der Waals surface area contributed by atoms with E-state index in [0.29, 0.717) is 25.2 Å². The molecule has 0 unspecified atom stereocenters. The monoisotopic (exact) mass is 326 g/mol. The fraction of sp³-hybridized carbons (Fsp3) is 0.278. The Kier molecular flexibility index (Phi) is 4.57. The van der Waals surface area contributed by atoms with E-state index in [4.69, 9.17) is 0 Å². The van der Waals surface area contributed by atoms with Gasteiger partial charge in [-0.2, -0.15) is 0 Å². The van der Waals surface area contributed by atoms with Gasteiger partial charge in [0.15, 0.2) is 0 Å². The Morgan fingerprint density at radius 2 is 1.92 bits per heavy atom. The molecule has 6 heteroatoms. The number of rotatable bonds is 5. The van der Waals surface area contributed by atoms with Gasteiger partial charge in [-0.1, -0.05) is 42.5 Å². The standard InChI is InChI=1S/C18H18N2O4/c21-18(22)17-12-19(10-13-5-2-1-3-6-13)11-16(17)14-7-4-8-15(9-14)20(23)24/h1-9,16-17H,10-12H2,(H,21,22)/t16-,17+/m1/s1. The lowest BCUT2D eigenvalue weighted by Crippen LogP contribution is -2.23. The maximum Gasteiger partial charge on any atom is 0.308 e. The minimum absolute atomic E-state index is 0.00171. The quantitative estimate of drug-likeness (QED) is 0.674. The lowest BCUT2D eigenvalue weighted by atomic mass is 9.89. The van der Waals surface area contributed by atoms with Crippen LogP contribution in [0, 0.1) is 16.0 Å². The van der Waals surface area contributed by atoms with Crippen LogP contribution in [0.4, 0.5) is 5.69 Å². The molecule has 6 nitrogen and oxygen atoms in total. The third kappa shape index (κ3) is 3.44. The summed E-state index contributed by atoms with van der Waals surface area (Å²) < 4.78 is 0. The van der Waals surface area contributed by atoms with Crippen LogP contribution >= 0.6 is 0 Å². The first kappa shape index (κ1) is 16.1. The van der Waals surface area contributed by atoms with Crippen molar-refractivity contribution in [1.29, 1.82) is 0 Å². The zero-order valence-corrected chi connectivity index (χ0v) is 13.0. The van der Waals surface area contributed by atoms with Gasteiger partial charge < -0.3 is 5.11 Å². The van der Waals surface area contributed by atoms with Gasteiger partial charge in [0.25, 0.3) is 5.69 Å². The first-order valence-corrected chi connectivity index (χ1v) is 7.78. The molecule has 0 radical (unpaired) electrons. The topological polar surface area (TPSA) is 83.7 Å². The minimum atomic E-state index is -0.859. The molecule has 0 bridgehead atoms. The average molecular weight is 326 g/mol. The van der Waals surface area contributed by atoms with E-state index in [1.165, 1.54) is 12.1 Å². The zero-order chi connectivity index (χ0) is 17.1. The summed E-state index contributed by atoms with van der Waals surface area (Å²) in [7, 11) is 0. The molecule has 124 valence electrons. The van der Waals surface area contributed by atoms with E-state index < -0.39 is 16.8 Å². The van der Waals surface area contributed by atoms with Gasteiger partial charge in [0.05, 0.1) is 10.8 Å². The van der Waals surface area contributed by atoms with Crippen LogP contribution in [0.2, 0.25) is 0 Å². The molecule has 1 N–H and O–H groups in total. The van der Waals surface area contributed by atoms with Crippen LogP contribution in [0.15, 0.2) is 54.6 Å². The number of nitro benzene ring substituents is 1. The number of benzene rings is 2. The van der Waals surface area contributed by atoms with E-state index in [1.807, 2.05) is 30.3 Å². The Balaban J connectivity index is 1.82. The Bertz CT molecular complexity index is 748. The fourth-order valence-corrected chi connectivity index (χ4v) is 3.31. The van der Waals surface area contributed by atoms with Crippen LogP contribution in [0.25, 0.3) is 0 Å². The second-order valence-electron chi connectivity index (χ2n) is 6.08. The van der Waals surface area contributed by atoms with E-state index in [1.54, 1.807) is 12.1 Å². The number of non-ortho nitro benzene ring substituents is 1. The van der Waals surface area contributed by atoms with Crippen molar-refractivity contribution in [2.75, 3.05) is 13.1 Å². The Morgan fingerprint density at radius 1 is 1.17 bits per heavy atom. The van der Waals surface area contributed by atoms with Gasteiger partial charge in [-0.3, -0.25) is 19.8 Å². The number of carbonyl (C=O) groups is 1. The summed E-state index contributed by atoms with van der Waals surface area (Å²) >= 11 is 0. The SMILES string of the molecule is O=C(O)[C@H]1CN(Cc2ccccc2)C[C@@H]1c1cccc([N+](=O)[O-])c1. The number of nitrogens with zero attached hydrogens (tertiary/aromatic N) is 2. The summed E-state index contributed by atoms with van der Waals surface area (Å²) in [5.41, 5.74) is 1.84. The molecule has 2 aromatic carbocycles. The summed E-state index contributed by atoms with van der Waals surface area (Å²) in [5.74, 6) is -1.66. The highest BCUT2D eigenvalue weighted by Crippen LogP contribution is 2.35. The number of likely N-dealkylation sites (tertiary alicyclic amines) is 1. The van der Waals surface area contributed by atoms with Crippen LogP contribution in [0.1, 0.15) is 17.0 Å². The van der Waals surface area contributed by atoms with Crippen LogP contribution in [0.3, 0.4) is 0 Å². The van der Waals surface area contributed by atoms with E-state index in [-0.39, 0.29) is 11.6 Å². The van der Waals surface area contributed by atoms with E-state index >= 15 is 0 Å². The summed E-state index contributed by atoms with van der Waals surface area (Å²) in [5, 5.41) is 20.5. The predicted octanol–water partition coefficient (Wildman–Crippen LogP) is 2.90. The fourth-order valence-electron chi connectivity index (χ4n) is 3.31. The van der Waals surface area contributed by atoms with Crippen LogP contribution < -0.4 is 0 Å². The second kappa shape index (κ2) is 6.80. The second-order valence-corrected chi connectivity index (χ2v) is 6.08. The largest absolute Gasteiger partial charge is 0.481 e. The zero-order valence-electron chi connectivity index (χ0n) is 13.0. The first-order valence-electron chi connectivity index (χ1n) is 7.78. The summed E-state index contributed by atoms with van der Waals surface area (Å²) in [6.45, 7) is 1.70. The van der Waals surface area contributed by atoms with Crippen molar-refractivity contribution in [3.8, 4) is 0 Å². The van der Waals surface area contributed by atoms with Gasteiger partial charge in [0.2, 0.25) is 0 Å². The van der Waals surface area contributed by atoms with Gasteiger partial charge in [0.1, 0.15) is 0 Å². The van der Waals surface area contributed by atoms with Crippen molar-refractivity contribution in [3.63, 3.8) is 0 Å². The molecule has 1 heterocycles. The number of carboxylic acid groups (broad SMARTS) is 1. The molecule has 24 heavy (non-hydrogen) atoms. The Labute approximate surface area is 139 Å². The van der Waals surface area contributed by atoms with Crippen LogP contribution in [-0.4, -0.2) is 34.0 Å². The van der Waals surface area contributed by atoms with Gasteiger partial charge in [-0.05, 0) is 11.1 Å². The maximum absolute atomic E-state index is 11.6. The van der Waals surface area contributed by atoms with Crippen LogP contribution in [0.5, 0.6) is 0 Å². The lowest BCUT2D eigenvalue weighted by molar-refractivity contribution is -0.384. The molecule has 1 saturated heterocycles. The van der Waals surface area contributed by atoms with Gasteiger partial charge in [-0.25, -0.2) is 0 Å². The van der Waals surface area contributed by atoms with E-state index in [2.05, 4.69) is 4.90 Å². The van der Waals surface area contributed by atoms with Crippen molar-refractivity contribution in [2.24, 2.45) is 5.92 Å². The highest BCUT2D eigenvalue weighted by atomic mass is 16.6. The van der Waals surface area contributed by atoms with Gasteiger partial charge in [0, 0.05) is 37.7 Å². The Morgan fingerprint density at radius 3 is 2.58 bits per heavy atom. The lowest BCUT2D eigenvalue weighted by Gasteiger charge is -2.16. The van der Waals surface area contributed by atoms with Gasteiger partial charge in [-0.15, -0.1) is 0 Å². The summed E-state index contributed by atoms with van der Waals surface area (Å²) in [4.78, 5) is 24.3. The molecule has 0 saturated carbocycles. The molecule has 2 aromatic rings. The van der Waals surface area contributed by atoms with E-state index in [9.17, 15) is 20.0 Å². The normalized spacial score (nSPS) is 20.8. The van der Waals surface area contributed by atoms with Crippen LogP contribution in [-0.2, 0) is 11.3 Å². The third-order valence-corrected chi connectivity index (χ3v) is 4.47. The highest BCUT2D eigenvalue weighted by Gasteiger charge is 2.38. The summed E-state index contributed by atoms with van der Waals surface area (Å²) in [6.07, 6.45) is 0. The highest BCUT2D eigenvalue weighted by molar-refractivity contribution is 5.72. The van der Waals surface area contributed by atoms with Crippen molar-refractivity contribution in [2.45, 2.75) is 12.5 Å². The number of carboxylic acids is 1. The minimum Gasteiger partial charge on any atom is -0.481 e. The molecular weight excluding hydrogens is 308 g/mol. The molecular formula is C18H18N2O4. The number of hydrogen-bond acceptors (Lipinski definition) is 4. The molecule has 0 aliphatic carbocycles. The molecule has 0 aromatic heterocycles. The molecule has 1 fully saturated rings. The molecule has 0 amide bonds. The van der Waals surface area contributed by atoms with E-state index in [0.717, 1.165) is 5.56 Å². The average Bonchev–Trinajstić information content (AvgIpc) is 3.00. The molecule has 0 spiro atoms. The molecule has 2 atom stereocenters. The van der Waals surface area contributed by atoms with Crippen molar-refractivity contribution in [1.82, 2.24) is 4.90 Å². The Hall–Kier alpha value is -2.73. The molecule has 3 rings (SSSR count). The number of nitro groups is 1. The smallest absolute Gasteiger partial charge is 0.308 e. The molecule has 1 aliphatic heterocycles. The first-order chi connectivity index (χ1) is 11.5. The number of aliphatic carboxylic acids is 1. The van der Waals surface area contributed by atoms with Crippen molar-refractivity contribution in [3.05, 3.63) is 75.8 Å².